The minimum Gasteiger partial charge on any atom is -0.305 e. The lowest BCUT2D eigenvalue weighted by Crippen LogP contribution is -2.24. The maximum Gasteiger partial charge on any atom is 0.0522 e. The van der Waals surface area contributed by atoms with Crippen LogP contribution in [0.1, 0.15) is 19.5 Å². The average molecular weight is 179 g/mol. The minimum atomic E-state index is 0.347. The van der Waals surface area contributed by atoms with Crippen LogP contribution < -0.4 is 5.32 Å². The van der Waals surface area contributed by atoms with Gasteiger partial charge in [-0.3, -0.25) is 4.68 Å². The Hall–Kier alpha value is -1.09. The van der Waals surface area contributed by atoms with E-state index in [-0.39, 0.29) is 0 Å². The van der Waals surface area contributed by atoms with E-state index in [1.165, 1.54) is 5.69 Å². The number of nitrogens with one attached hydrogen (secondary N) is 1. The molecule has 1 aromatic rings. The van der Waals surface area contributed by atoms with Crippen LogP contribution in [0.4, 0.5) is 0 Å². The zero-order chi connectivity index (χ0) is 9.68. The average Bonchev–Trinajstić information content (AvgIpc) is 2.61. The summed E-state index contributed by atoms with van der Waals surface area (Å²) in [6, 6.07) is 2.38. The van der Waals surface area contributed by atoms with Crippen molar-refractivity contribution < 1.29 is 0 Å². The van der Waals surface area contributed by atoms with Gasteiger partial charge in [0.1, 0.15) is 0 Å². The molecule has 13 heavy (non-hydrogen) atoms. The fourth-order valence-electron chi connectivity index (χ4n) is 1.14. The first-order chi connectivity index (χ1) is 6.27. The molecule has 0 saturated carbocycles. The van der Waals surface area contributed by atoms with Gasteiger partial charge in [0.05, 0.1) is 5.69 Å². The van der Waals surface area contributed by atoms with E-state index >= 15 is 0 Å². The van der Waals surface area contributed by atoms with Gasteiger partial charge in [0.15, 0.2) is 0 Å². The summed E-state index contributed by atoms with van der Waals surface area (Å²) < 4.78 is 1.99. The fourth-order valence-corrected chi connectivity index (χ4v) is 1.14. The lowest BCUT2D eigenvalue weighted by molar-refractivity contribution is 0.562. The third kappa shape index (κ3) is 2.70. The molecule has 0 spiro atoms. The summed E-state index contributed by atoms with van der Waals surface area (Å²) in [4.78, 5) is 0. The molecule has 0 aromatic carbocycles. The van der Waals surface area contributed by atoms with Gasteiger partial charge in [0.25, 0.3) is 0 Å². The Bertz CT molecular complexity index is 265. The van der Waals surface area contributed by atoms with Crippen molar-refractivity contribution in [1.29, 1.82) is 0 Å². The van der Waals surface area contributed by atoms with Gasteiger partial charge in [-0.05, 0) is 19.9 Å². The summed E-state index contributed by atoms with van der Waals surface area (Å²) in [6.07, 6.45) is 3.73. The Morgan fingerprint density at radius 3 is 3.15 bits per heavy atom. The summed E-state index contributed by atoms with van der Waals surface area (Å²) in [5.41, 5.74) is 1.22. The Labute approximate surface area is 79.5 Å². The van der Waals surface area contributed by atoms with Gasteiger partial charge >= 0.3 is 0 Å². The minimum absolute atomic E-state index is 0.347. The van der Waals surface area contributed by atoms with Gasteiger partial charge in [-0.25, -0.2) is 0 Å². The molecule has 3 nitrogen and oxygen atoms in total. The van der Waals surface area contributed by atoms with E-state index in [1.807, 2.05) is 23.0 Å². The van der Waals surface area contributed by atoms with Crippen LogP contribution in [0.25, 0.3) is 0 Å². The number of hydrogen-bond donors (Lipinski definition) is 1. The SMILES string of the molecule is C=CC(C)NCc1ccnn1CC. The van der Waals surface area contributed by atoms with Gasteiger partial charge in [0.2, 0.25) is 0 Å². The molecule has 0 bridgehead atoms. The van der Waals surface area contributed by atoms with Gasteiger partial charge in [-0.15, -0.1) is 6.58 Å². The van der Waals surface area contributed by atoms with E-state index in [1.54, 1.807) is 0 Å². The third-order valence-corrected chi connectivity index (χ3v) is 2.06. The Morgan fingerprint density at radius 2 is 2.54 bits per heavy atom. The zero-order valence-corrected chi connectivity index (χ0v) is 8.33. The highest BCUT2D eigenvalue weighted by atomic mass is 15.3. The van der Waals surface area contributed by atoms with Crippen LogP contribution in [0.5, 0.6) is 0 Å². The predicted octanol–water partition coefficient (Wildman–Crippen LogP) is 1.57. The fraction of sp³-hybridized carbons (Fsp3) is 0.500. The van der Waals surface area contributed by atoms with Crippen LogP contribution in [0.3, 0.4) is 0 Å². The molecule has 0 saturated heterocycles. The van der Waals surface area contributed by atoms with Crippen LogP contribution in [-0.4, -0.2) is 15.8 Å². The first-order valence-corrected chi connectivity index (χ1v) is 4.64. The molecular formula is C10H17N3. The van der Waals surface area contributed by atoms with Crippen LogP contribution in [0.15, 0.2) is 24.9 Å². The zero-order valence-electron chi connectivity index (χ0n) is 8.33. The standard InChI is InChI=1S/C10H17N3/c1-4-9(3)11-8-10-6-7-12-13(10)5-2/h4,6-7,9,11H,1,5,8H2,2-3H3. The lowest BCUT2D eigenvalue weighted by atomic mass is 10.3. The maximum atomic E-state index is 4.19. The topological polar surface area (TPSA) is 29.9 Å². The second-order valence-electron chi connectivity index (χ2n) is 3.04. The van der Waals surface area contributed by atoms with Crippen LogP contribution in [-0.2, 0) is 13.1 Å². The molecule has 72 valence electrons. The summed E-state index contributed by atoms with van der Waals surface area (Å²) in [6.45, 7) is 9.66. The molecule has 0 aliphatic heterocycles. The normalized spacial score (nSPS) is 12.8. The number of aromatic nitrogens is 2. The van der Waals surface area contributed by atoms with Gasteiger partial charge in [-0.2, -0.15) is 5.10 Å². The van der Waals surface area contributed by atoms with E-state index in [2.05, 4.69) is 30.8 Å². The molecule has 0 aliphatic carbocycles. The summed E-state index contributed by atoms with van der Waals surface area (Å²) in [5, 5.41) is 7.52. The van der Waals surface area contributed by atoms with E-state index < -0.39 is 0 Å². The molecule has 1 heterocycles. The Morgan fingerprint density at radius 1 is 1.77 bits per heavy atom. The van der Waals surface area contributed by atoms with Crippen molar-refractivity contribution in [2.45, 2.75) is 33.0 Å². The molecule has 0 amide bonds. The van der Waals surface area contributed by atoms with Crippen molar-refractivity contribution in [3.63, 3.8) is 0 Å². The molecular weight excluding hydrogens is 162 g/mol. The van der Waals surface area contributed by atoms with Crippen LogP contribution in [0, 0.1) is 0 Å². The largest absolute Gasteiger partial charge is 0.305 e. The first-order valence-electron chi connectivity index (χ1n) is 4.64. The van der Waals surface area contributed by atoms with E-state index in [4.69, 9.17) is 0 Å². The van der Waals surface area contributed by atoms with Gasteiger partial charge < -0.3 is 5.32 Å². The molecule has 0 fully saturated rings. The van der Waals surface area contributed by atoms with Gasteiger partial charge in [-0.1, -0.05) is 6.08 Å². The second kappa shape index (κ2) is 4.82. The molecule has 1 N–H and O–H groups in total. The molecule has 1 aromatic heterocycles. The summed E-state index contributed by atoms with van der Waals surface area (Å²) >= 11 is 0. The molecule has 0 aliphatic rings. The van der Waals surface area contributed by atoms with Crippen LogP contribution >= 0.6 is 0 Å². The highest BCUT2D eigenvalue weighted by Crippen LogP contribution is 1.98. The van der Waals surface area contributed by atoms with E-state index in [0.29, 0.717) is 6.04 Å². The number of hydrogen-bond acceptors (Lipinski definition) is 2. The third-order valence-electron chi connectivity index (χ3n) is 2.06. The predicted molar refractivity (Wildman–Crippen MR) is 54.4 cm³/mol. The van der Waals surface area contributed by atoms with Crippen molar-refractivity contribution in [3.8, 4) is 0 Å². The summed E-state index contributed by atoms with van der Waals surface area (Å²) in [5.74, 6) is 0. The molecule has 3 heteroatoms. The van der Waals surface area contributed by atoms with Crippen molar-refractivity contribution >= 4 is 0 Å². The molecule has 1 atom stereocenters. The van der Waals surface area contributed by atoms with Crippen LogP contribution in [0.2, 0.25) is 0 Å². The smallest absolute Gasteiger partial charge is 0.0522 e. The highest BCUT2D eigenvalue weighted by molar-refractivity contribution is 5.00. The monoisotopic (exact) mass is 179 g/mol. The van der Waals surface area contributed by atoms with Gasteiger partial charge in [0, 0.05) is 25.3 Å². The quantitative estimate of drug-likeness (QED) is 0.695. The summed E-state index contributed by atoms with van der Waals surface area (Å²) in [7, 11) is 0. The van der Waals surface area contributed by atoms with E-state index in [9.17, 15) is 0 Å². The molecule has 1 rings (SSSR count). The number of nitrogens with zero attached hydrogens (tertiary/aromatic N) is 2. The molecule has 1 unspecified atom stereocenters. The number of aryl methyl sites for hydroxylation is 1. The first kappa shape index (κ1) is 9.99. The number of rotatable bonds is 5. The van der Waals surface area contributed by atoms with Crippen molar-refractivity contribution in [1.82, 2.24) is 15.1 Å². The maximum absolute atomic E-state index is 4.19. The van der Waals surface area contributed by atoms with E-state index in [0.717, 1.165) is 13.1 Å². The lowest BCUT2D eigenvalue weighted by Gasteiger charge is -2.09. The Kier molecular flexibility index (Phi) is 3.71. The second-order valence-corrected chi connectivity index (χ2v) is 3.04. The van der Waals surface area contributed by atoms with Crippen molar-refractivity contribution in [2.75, 3.05) is 0 Å². The highest BCUT2D eigenvalue weighted by Gasteiger charge is 2.00. The molecule has 0 radical (unpaired) electrons. The van der Waals surface area contributed by atoms with Crippen molar-refractivity contribution in [2.24, 2.45) is 0 Å². The Balaban J connectivity index is 2.48. The van der Waals surface area contributed by atoms with Crippen molar-refractivity contribution in [3.05, 3.63) is 30.6 Å².